The molecule has 0 atom stereocenters. The molecule has 108 valence electrons. The van der Waals surface area contributed by atoms with Gasteiger partial charge in [-0.2, -0.15) is 0 Å². The Morgan fingerprint density at radius 3 is 2.86 bits per heavy atom. The lowest BCUT2D eigenvalue weighted by Crippen LogP contribution is -2.13. The summed E-state index contributed by atoms with van der Waals surface area (Å²) in [6.45, 7) is 1.94. The van der Waals surface area contributed by atoms with Crippen LogP contribution in [0.4, 0.5) is 5.69 Å². The van der Waals surface area contributed by atoms with Crippen LogP contribution in [0.2, 0.25) is 0 Å². The van der Waals surface area contributed by atoms with Crippen molar-refractivity contribution in [2.75, 3.05) is 4.72 Å². The first-order valence-electron chi connectivity index (χ1n) is 6.18. The Bertz CT molecular complexity index is 919. The van der Waals surface area contributed by atoms with Gasteiger partial charge in [-0.15, -0.1) is 0 Å². The van der Waals surface area contributed by atoms with Crippen molar-refractivity contribution in [2.45, 2.75) is 11.8 Å². The van der Waals surface area contributed by atoms with Crippen LogP contribution in [-0.2, 0) is 10.0 Å². The van der Waals surface area contributed by atoms with Gasteiger partial charge in [0.05, 0.1) is 5.69 Å². The highest BCUT2D eigenvalue weighted by molar-refractivity contribution is 9.10. The second kappa shape index (κ2) is 5.16. The molecule has 0 aliphatic heterocycles. The molecule has 0 unspecified atom stereocenters. The number of benzene rings is 1. The molecular weight excluding hydrogens is 354 g/mol. The van der Waals surface area contributed by atoms with Crippen LogP contribution in [0.5, 0.6) is 0 Å². The average Bonchev–Trinajstić information content (AvgIpc) is 2.86. The second-order valence-electron chi connectivity index (χ2n) is 4.64. The monoisotopic (exact) mass is 365 g/mol. The van der Waals surface area contributed by atoms with E-state index in [1.807, 2.05) is 19.1 Å². The number of hydrogen-bond acceptors (Lipinski definition) is 3. The lowest BCUT2D eigenvalue weighted by molar-refractivity contribution is 0.602. The van der Waals surface area contributed by atoms with Crippen LogP contribution < -0.4 is 4.72 Å². The van der Waals surface area contributed by atoms with Crippen molar-refractivity contribution in [1.82, 2.24) is 9.97 Å². The number of nitrogens with zero attached hydrogens (tertiary/aromatic N) is 1. The third-order valence-corrected chi connectivity index (χ3v) is 5.13. The van der Waals surface area contributed by atoms with Crippen LogP contribution in [0, 0.1) is 6.92 Å². The number of fused-ring (bicyclic) bond motifs is 1. The van der Waals surface area contributed by atoms with Crippen LogP contribution >= 0.6 is 15.9 Å². The zero-order chi connectivity index (χ0) is 15.0. The molecule has 0 saturated heterocycles. The van der Waals surface area contributed by atoms with Crippen molar-refractivity contribution in [1.29, 1.82) is 0 Å². The van der Waals surface area contributed by atoms with Crippen molar-refractivity contribution >= 4 is 42.7 Å². The van der Waals surface area contributed by atoms with Gasteiger partial charge >= 0.3 is 0 Å². The van der Waals surface area contributed by atoms with E-state index >= 15 is 0 Å². The van der Waals surface area contributed by atoms with E-state index in [4.69, 9.17) is 0 Å². The van der Waals surface area contributed by atoms with E-state index in [9.17, 15) is 8.42 Å². The molecule has 2 N–H and O–H groups in total. The molecule has 0 bridgehead atoms. The van der Waals surface area contributed by atoms with Gasteiger partial charge in [-0.05, 0) is 52.7 Å². The van der Waals surface area contributed by atoms with Crippen LogP contribution in [0.3, 0.4) is 0 Å². The molecular formula is C14H12BrN3O2S. The number of pyridine rings is 1. The fourth-order valence-corrected chi connectivity index (χ4v) is 4.03. The van der Waals surface area contributed by atoms with Crippen LogP contribution in [0.1, 0.15) is 5.56 Å². The van der Waals surface area contributed by atoms with Gasteiger partial charge in [-0.25, -0.2) is 13.4 Å². The minimum atomic E-state index is -3.68. The number of aromatic nitrogens is 2. The number of sulfonamides is 1. The summed E-state index contributed by atoms with van der Waals surface area (Å²) in [5.41, 5.74) is 2.08. The van der Waals surface area contributed by atoms with Crippen LogP contribution in [0.25, 0.3) is 11.0 Å². The van der Waals surface area contributed by atoms with Crippen molar-refractivity contribution in [2.24, 2.45) is 0 Å². The van der Waals surface area contributed by atoms with E-state index in [2.05, 4.69) is 30.6 Å². The first-order chi connectivity index (χ1) is 9.97. The van der Waals surface area contributed by atoms with Gasteiger partial charge in [0.15, 0.2) is 0 Å². The van der Waals surface area contributed by atoms with E-state index in [0.29, 0.717) is 21.2 Å². The van der Waals surface area contributed by atoms with Gasteiger partial charge in [-0.1, -0.05) is 6.07 Å². The summed E-state index contributed by atoms with van der Waals surface area (Å²) in [4.78, 5) is 7.14. The molecule has 2 aromatic heterocycles. The Labute approximate surface area is 130 Å². The summed E-state index contributed by atoms with van der Waals surface area (Å²) in [5.74, 6) is 0. The fraction of sp³-hybridized carbons (Fsp3) is 0.0714. The summed E-state index contributed by atoms with van der Waals surface area (Å²) >= 11 is 3.37. The number of anilines is 1. The number of aromatic amines is 1. The van der Waals surface area contributed by atoms with Crippen molar-refractivity contribution in [3.63, 3.8) is 0 Å². The second-order valence-corrected chi connectivity index (χ2v) is 7.15. The third-order valence-electron chi connectivity index (χ3n) is 3.07. The van der Waals surface area contributed by atoms with Crippen molar-refractivity contribution in [3.05, 3.63) is 52.8 Å². The molecule has 1 aromatic carbocycles. The lowest BCUT2D eigenvalue weighted by Gasteiger charge is -2.09. The summed E-state index contributed by atoms with van der Waals surface area (Å²) in [5, 5.41) is 0.563. The maximum atomic E-state index is 12.5. The number of hydrogen-bond donors (Lipinski definition) is 2. The standard InChI is InChI=1S/C14H12BrN3O2S/c1-9-4-5-12(11(15)7-9)18-21(19,20)13-8-17-14-10(13)3-2-6-16-14/h2-8,18H,1H3,(H,16,17). The highest BCUT2D eigenvalue weighted by Gasteiger charge is 2.20. The molecule has 0 fully saturated rings. The van der Waals surface area contributed by atoms with Crippen molar-refractivity contribution < 1.29 is 8.42 Å². The lowest BCUT2D eigenvalue weighted by atomic mass is 10.2. The van der Waals surface area contributed by atoms with E-state index < -0.39 is 10.0 Å². The molecule has 3 rings (SSSR count). The Morgan fingerprint density at radius 2 is 2.10 bits per heavy atom. The van der Waals surface area contributed by atoms with Gasteiger partial charge in [0.2, 0.25) is 0 Å². The smallest absolute Gasteiger partial charge is 0.264 e. The minimum Gasteiger partial charge on any atom is -0.345 e. The Morgan fingerprint density at radius 1 is 1.29 bits per heavy atom. The molecule has 2 heterocycles. The molecule has 0 aliphatic rings. The normalized spacial score (nSPS) is 11.7. The summed E-state index contributed by atoms with van der Waals surface area (Å²) in [6.07, 6.45) is 3.06. The van der Waals surface area contributed by atoms with E-state index in [0.717, 1.165) is 5.56 Å². The van der Waals surface area contributed by atoms with E-state index in [1.165, 1.54) is 6.20 Å². The SMILES string of the molecule is Cc1ccc(NS(=O)(=O)c2c[nH]c3ncccc23)c(Br)c1. The van der Waals surface area contributed by atoms with Crippen LogP contribution in [-0.4, -0.2) is 18.4 Å². The maximum absolute atomic E-state index is 12.5. The topological polar surface area (TPSA) is 74.8 Å². The zero-order valence-corrected chi connectivity index (χ0v) is 13.5. The zero-order valence-electron chi connectivity index (χ0n) is 11.1. The largest absolute Gasteiger partial charge is 0.345 e. The van der Waals surface area contributed by atoms with Gasteiger partial charge in [0.25, 0.3) is 10.0 Å². The molecule has 0 radical (unpaired) electrons. The molecule has 0 amide bonds. The summed E-state index contributed by atoms with van der Waals surface area (Å²) in [6, 6.07) is 8.85. The predicted octanol–water partition coefficient (Wildman–Crippen LogP) is 3.43. The fourth-order valence-electron chi connectivity index (χ4n) is 2.06. The molecule has 0 saturated carbocycles. The Kier molecular flexibility index (Phi) is 3.46. The van der Waals surface area contributed by atoms with Crippen molar-refractivity contribution in [3.8, 4) is 0 Å². The third kappa shape index (κ3) is 2.66. The molecule has 3 aromatic rings. The molecule has 0 spiro atoms. The first kappa shape index (κ1) is 14.1. The molecule has 0 aliphatic carbocycles. The quantitative estimate of drug-likeness (QED) is 0.746. The number of nitrogens with one attached hydrogen (secondary N) is 2. The highest BCUT2D eigenvalue weighted by Crippen LogP contribution is 2.28. The summed E-state index contributed by atoms with van der Waals surface area (Å²) in [7, 11) is -3.68. The van der Waals surface area contributed by atoms with Gasteiger partial charge in [0, 0.05) is 22.3 Å². The maximum Gasteiger partial charge on any atom is 0.264 e. The molecule has 5 nitrogen and oxygen atoms in total. The number of aryl methyl sites for hydroxylation is 1. The Hall–Kier alpha value is -1.86. The molecule has 21 heavy (non-hydrogen) atoms. The predicted molar refractivity (Wildman–Crippen MR) is 85.8 cm³/mol. The van der Waals surface area contributed by atoms with Gasteiger partial charge in [0.1, 0.15) is 10.5 Å². The van der Waals surface area contributed by atoms with E-state index in [1.54, 1.807) is 24.4 Å². The highest BCUT2D eigenvalue weighted by atomic mass is 79.9. The summed E-state index contributed by atoms with van der Waals surface area (Å²) < 4.78 is 28.4. The Balaban J connectivity index is 2.04. The number of halogens is 1. The first-order valence-corrected chi connectivity index (χ1v) is 8.46. The van der Waals surface area contributed by atoms with E-state index in [-0.39, 0.29) is 4.90 Å². The van der Waals surface area contributed by atoms with Gasteiger partial charge < -0.3 is 4.98 Å². The van der Waals surface area contributed by atoms with Gasteiger partial charge in [-0.3, -0.25) is 4.72 Å². The number of H-pyrrole nitrogens is 1. The number of rotatable bonds is 3. The minimum absolute atomic E-state index is 0.179. The van der Waals surface area contributed by atoms with Crippen LogP contribution in [0.15, 0.2) is 52.1 Å². The molecule has 7 heteroatoms. The average molecular weight is 366 g/mol.